The number of nitrogens with one attached hydrogen (secondary N) is 1. The summed E-state index contributed by atoms with van der Waals surface area (Å²) in [7, 11) is 0. The fourth-order valence-electron chi connectivity index (χ4n) is 7.08. The normalized spacial score (nSPS) is 34.8. The predicted molar refractivity (Wildman–Crippen MR) is 113 cm³/mol. The molecule has 5 nitrogen and oxygen atoms in total. The molecule has 4 fully saturated rings. The number of hydrogen-bond acceptors (Lipinski definition) is 3. The number of hydrogen-bond donors (Lipinski definition) is 2. The fourth-order valence-corrected chi connectivity index (χ4v) is 7.08. The highest BCUT2D eigenvalue weighted by atomic mass is 19.4. The third kappa shape index (κ3) is 3.21. The van der Waals surface area contributed by atoms with Gasteiger partial charge in [0.25, 0.3) is 0 Å². The average molecular weight is 451 g/mol. The van der Waals surface area contributed by atoms with Gasteiger partial charge in [-0.15, -0.1) is 13.2 Å². The van der Waals surface area contributed by atoms with Crippen LogP contribution in [-0.4, -0.2) is 44.9 Å². The number of nitrogens with zero attached hydrogens (tertiary/aromatic N) is 1. The zero-order chi connectivity index (χ0) is 23.1. The zero-order valence-corrected chi connectivity index (χ0v) is 18.5. The van der Waals surface area contributed by atoms with Crippen molar-refractivity contribution in [2.45, 2.75) is 82.8 Å². The lowest BCUT2D eigenvalue weighted by Gasteiger charge is -2.70. The Kier molecular flexibility index (Phi) is 4.65. The van der Waals surface area contributed by atoms with Gasteiger partial charge in [-0.05, 0) is 67.6 Å². The first kappa shape index (κ1) is 21.6. The number of carbonyl (C=O) groups is 1. The number of ether oxygens (including phenoxy) is 1. The van der Waals surface area contributed by atoms with Crippen LogP contribution in [0.1, 0.15) is 64.4 Å². The molecule has 2 heterocycles. The standard InChI is InChI=1S/C24H29F3N2O3/c1-13(17-11-28-18-5-4-6-19(21(17)18)32-24(25,26)27)7-20(30)29-14(2)8-22-9-16(29)10-23(31,12-22)15(22)3/h4-6,11,13-16,28,31H,7-10,12H2,1-3H3. The molecule has 6 atom stereocenters. The Morgan fingerprint density at radius 2 is 2.06 bits per heavy atom. The van der Waals surface area contributed by atoms with E-state index in [-0.39, 0.29) is 47.4 Å². The zero-order valence-electron chi connectivity index (χ0n) is 18.5. The van der Waals surface area contributed by atoms with Crippen LogP contribution in [0, 0.1) is 11.3 Å². The van der Waals surface area contributed by atoms with E-state index in [0.29, 0.717) is 22.9 Å². The van der Waals surface area contributed by atoms with Crippen LogP contribution in [0.15, 0.2) is 24.4 Å². The minimum absolute atomic E-state index is 0.00836. The van der Waals surface area contributed by atoms with E-state index >= 15 is 0 Å². The Bertz CT molecular complexity index is 1060. The fraction of sp³-hybridized carbons (Fsp3) is 0.625. The second-order valence-electron chi connectivity index (χ2n) is 10.4. The van der Waals surface area contributed by atoms with Crippen LogP contribution < -0.4 is 4.74 Å². The third-order valence-corrected chi connectivity index (χ3v) is 8.41. The number of benzene rings is 1. The van der Waals surface area contributed by atoms with Gasteiger partial charge in [-0.1, -0.05) is 19.9 Å². The highest BCUT2D eigenvalue weighted by Crippen LogP contribution is 2.67. The van der Waals surface area contributed by atoms with Crippen LogP contribution in [0.2, 0.25) is 0 Å². The van der Waals surface area contributed by atoms with Gasteiger partial charge in [0, 0.05) is 35.6 Å². The van der Waals surface area contributed by atoms with Crippen molar-refractivity contribution in [2.24, 2.45) is 11.3 Å². The Hall–Kier alpha value is -2.22. The van der Waals surface area contributed by atoms with Crippen molar-refractivity contribution in [1.82, 2.24) is 9.88 Å². The maximum Gasteiger partial charge on any atom is 0.573 e. The van der Waals surface area contributed by atoms with Crippen LogP contribution in [0.5, 0.6) is 5.75 Å². The molecular formula is C24H29F3N2O3. The van der Waals surface area contributed by atoms with Gasteiger partial charge < -0.3 is 19.7 Å². The number of piperidine rings is 1. The number of carbonyl (C=O) groups excluding carboxylic acids is 1. The Balaban J connectivity index is 1.37. The summed E-state index contributed by atoms with van der Waals surface area (Å²) in [5.74, 6) is -0.297. The minimum atomic E-state index is -4.79. The number of H-pyrrole nitrogens is 1. The molecule has 2 N–H and O–H groups in total. The summed E-state index contributed by atoms with van der Waals surface area (Å²) in [6, 6.07) is 4.61. The van der Waals surface area contributed by atoms with Gasteiger partial charge in [0.05, 0.1) is 5.60 Å². The van der Waals surface area contributed by atoms with E-state index in [0.717, 1.165) is 19.3 Å². The molecular weight excluding hydrogens is 421 g/mol. The van der Waals surface area contributed by atoms with Crippen LogP contribution in [0.4, 0.5) is 13.2 Å². The summed E-state index contributed by atoms with van der Waals surface area (Å²) >= 11 is 0. The molecule has 1 amide bonds. The van der Waals surface area contributed by atoms with Crippen molar-refractivity contribution < 1.29 is 27.8 Å². The molecule has 3 aliphatic carbocycles. The number of aliphatic hydroxyl groups is 1. The second kappa shape index (κ2) is 6.89. The second-order valence-corrected chi connectivity index (χ2v) is 10.4. The molecule has 1 aliphatic heterocycles. The van der Waals surface area contributed by atoms with E-state index < -0.39 is 12.0 Å². The van der Waals surface area contributed by atoms with Gasteiger partial charge in [-0.3, -0.25) is 4.79 Å². The van der Waals surface area contributed by atoms with Crippen molar-refractivity contribution in [3.05, 3.63) is 30.0 Å². The molecule has 4 aliphatic rings. The first-order chi connectivity index (χ1) is 14.9. The summed E-state index contributed by atoms with van der Waals surface area (Å²) in [5, 5.41) is 11.3. The molecule has 1 aromatic heterocycles. The number of alkyl halides is 3. The summed E-state index contributed by atoms with van der Waals surface area (Å²) in [5.41, 5.74) is 0.639. The molecule has 3 bridgehead atoms. The van der Waals surface area contributed by atoms with Gasteiger partial charge in [-0.2, -0.15) is 0 Å². The molecule has 0 radical (unpaired) electrons. The summed E-state index contributed by atoms with van der Waals surface area (Å²) in [6.45, 7) is 6.06. The molecule has 6 rings (SSSR count). The van der Waals surface area contributed by atoms with Gasteiger partial charge in [0.2, 0.25) is 5.91 Å². The molecule has 2 aromatic rings. The maximum atomic E-state index is 13.4. The molecule has 6 unspecified atom stereocenters. The molecule has 32 heavy (non-hydrogen) atoms. The largest absolute Gasteiger partial charge is 0.573 e. The Morgan fingerprint density at radius 1 is 1.31 bits per heavy atom. The van der Waals surface area contributed by atoms with Crippen LogP contribution in [-0.2, 0) is 4.79 Å². The van der Waals surface area contributed by atoms with Crippen LogP contribution in [0.3, 0.4) is 0 Å². The number of aromatic nitrogens is 1. The minimum Gasteiger partial charge on any atom is -0.405 e. The van der Waals surface area contributed by atoms with Gasteiger partial charge in [-0.25, -0.2) is 0 Å². The highest BCUT2D eigenvalue weighted by Gasteiger charge is 2.68. The van der Waals surface area contributed by atoms with Crippen molar-refractivity contribution in [3.8, 4) is 5.75 Å². The predicted octanol–water partition coefficient (Wildman–Crippen LogP) is 5.10. The number of halogens is 3. The Labute approximate surface area is 184 Å². The number of rotatable bonds is 4. The molecule has 8 heteroatoms. The Morgan fingerprint density at radius 3 is 2.75 bits per heavy atom. The first-order valence-corrected chi connectivity index (χ1v) is 11.3. The quantitative estimate of drug-likeness (QED) is 0.681. The van der Waals surface area contributed by atoms with Crippen molar-refractivity contribution >= 4 is 16.8 Å². The van der Waals surface area contributed by atoms with Crippen LogP contribution >= 0.6 is 0 Å². The monoisotopic (exact) mass is 450 g/mol. The lowest BCUT2D eigenvalue weighted by Crippen LogP contribution is -2.73. The number of aromatic amines is 1. The maximum absolute atomic E-state index is 13.4. The third-order valence-electron chi connectivity index (χ3n) is 8.41. The summed E-state index contributed by atoms with van der Waals surface area (Å²) in [6.07, 6.45) is 0.326. The summed E-state index contributed by atoms with van der Waals surface area (Å²) < 4.78 is 43.0. The van der Waals surface area contributed by atoms with Gasteiger partial charge in [0.15, 0.2) is 0 Å². The molecule has 174 valence electrons. The van der Waals surface area contributed by atoms with Crippen molar-refractivity contribution in [2.75, 3.05) is 0 Å². The van der Waals surface area contributed by atoms with Gasteiger partial charge in [0.1, 0.15) is 5.75 Å². The van der Waals surface area contributed by atoms with E-state index in [1.165, 1.54) is 12.1 Å². The van der Waals surface area contributed by atoms with Crippen molar-refractivity contribution in [1.29, 1.82) is 0 Å². The van der Waals surface area contributed by atoms with Crippen molar-refractivity contribution in [3.63, 3.8) is 0 Å². The molecule has 1 saturated heterocycles. The summed E-state index contributed by atoms with van der Waals surface area (Å²) in [4.78, 5) is 18.3. The number of likely N-dealkylation sites (tertiary alicyclic amines) is 1. The highest BCUT2D eigenvalue weighted by molar-refractivity contribution is 5.90. The van der Waals surface area contributed by atoms with E-state index in [9.17, 15) is 23.1 Å². The van der Waals surface area contributed by atoms with Gasteiger partial charge >= 0.3 is 6.36 Å². The smallest absolute Gasteiger partial charge is 0.405 e. The topological polar surface area (TPSA) is 65.6 Å². The molecule has 3 saturated carbocycles. The van der Waals surface area contributed by atoms with E-state index in [1.54, 1.807) is 12.3 Å². The average Bonchev–Trinajstić information content (AvgIpc) is 3.11. The van der Waals surface area contributed by atoms with E-state index in [4.69, 9.17) is 0 Å². The van der Waals surface area contributed by atoms with Crippen LogP contribution in [0.25, 0.3) is 10.9 Å². The SMILES string of the molecule is CC(CC(=O)N1C(C)CC23CC1CC(O)(C2)C3C)c1c[nH]c2cccc(OC(F)(F)F)c12. The molecule has 1 aromatic carbocycles. The lowest BCUT2D eigenvalue weighted by atomic mass is 9.41. The first-order valence-electron chi connectivity index (χ1n) is 11.3. The van der Waals surface area contributed by atoms with E-state index in [2.05, 4.69) is 23.6 Å². The number of amides is 1. The lowest BCUT2D eigenvalue weighted by molar-refractivity contribution is -0.274. The number of fused-ring (bicyclic) bond motifs is 1. The molecule has 1 spiro atoms. The van der Waals surface area contributed by atoms with E-state index in [1.807, 2.05) is 11.8 Å².